The summed E-state index contributed by atoms with van der Waals surface area (Å²) in [4.78, 5) is 24.3. The summed E-state index contributed by atoms with van der Waals surface area (Å²) < 4.78 is 22.2. The van der Waals surface area contributed by atoms with E-state index in [1.807, 2.05) is 0 Å². The molecule has 1 unspecified atom stereocenters. The van der Waals surface area contributed by atoms with Gasteiger partial charge in [-0.1, -0.05) is 0 Å². The Bertz CT molecular complexity index is 701. The van der Waals surface area contributed by atoms with Gasteiger partial charge in [-0.25, -0.2) is 18.4 Å². The molecule has 1 heterocycles. The van der Waals surface area contributed by atoms with Crippen LogP contribution >= 0.6 is 0 Å². The molecule has 8 nitrogen and oxygen atoms in total. The lowest BCUT2D eigenvalue weighted by molar-refractivity contribution is -0.117. The highest BCUT2D eigenvalue weighted by atomic mass is 32.2. The largest absolute Gasteiger partial charge is 0.478 e. The van der Waals surface area contributed by atoms with E-state index in [2.05, 4.69) is 0 Å². The third kappa shape index (κ3) is 3.50. The average molecular weight is 313 g/mol. The summed E-state index contributed by atoms with van der Waals surface area (Å²) in [5, 5.41) is 14.0. The molecule has 21 heavy (non-hydrogen) atoms. The molecule has 0 aromatic heterocycles. The Morgan fingerprint density at radius 1 is 1.43 bits per heavy atom. The van der Waals surface area contributed by atoms with Crippen molar-refractivity contribution >= 4 is 33.3 Å². The predicted octanol–water partition coefficient (Wildman–Crippen LogP) is -0.392. The van der Waals surface area contributed by atoms with Crippen molar-refractivity contribution < 1.29 is 23.1 Å². The first kappa shape index (κ1) is 15.3. The van der Waals surface area contributed by atoms with E-state index in [0.29, 0.717) is 0 Å². The van der Waals surface area contributed by atoms with E-state index < -0.39 is 21.9 Å². The van der Waals surface area contributed by atoms with Crippen LogP contribution < -0.4 is 15.8 Å². The van der Waals surface area contributed by atoms with Crippen LogP contribution in [0.1, 0.15) is 16.8 Å². The quantitative estimate of drug-likeness (QED) is 0.646. The fourth-order valence-electron chi connectivity index (χ4n) is 2.37. The Morgan fingerprint density at radius 2 is 2.10 bits per heavy atom. The summed E-state index contributed by atoms with van der Waals surface area (Å²) >= 11 is 0. The van der Waals surface area contributed by atoms with Crippen molar-refractivity contribution in [2.24, 2.45) is 11.1 Å². The lowest BCUT2D eigenvalue weighted by Crippen LogP contribution is -2.28. The molecule has 0 aliphatic carbocycles. The van der Waals surface area contributed by atoms with Gasteiger partial charge in [-0.15, -0.1) is 0 Å². The Balaban J connectivity index is 2.28. The van der Waals surface area contributed by atoms with Crippen molar-refractivity contribution in [3.63, 3.8) is 0 Å². The molecule has 5 N–H and O–H groups in total. The summed E-state index contributed by atoms with van der Waals surface area (Å²) in [5.74, 6) is -2.17. The van der Waals surface area contributed by atoms with Crippen molar-refractivity contribution in [2.75, 3.05) is 22.9 Å². The van der Waals surface area contributed by atoms with Crippen LogP contribution in [0.3, 0.4) is 0 Å². The fraction of sp³-hybridized carbons (Fsp3) is 0.333. The first-order chi connectivity index (χ1) is 9.67. The topological polar surface area (TPSA) is 144 Å². The number of carbonyl (C=O) groups excluding carboxylic acids is 1. The average Bonchev–Trinajstić information content (AvgIpc) is 2.67. The molecule has 0 radical (unpaired) electrons. The number of anilines is 2. The first-order valence-electron chi connectivity index (χ1n) is 6.11. The molecule has 0 saturated carbocycles. The third-order valence-corrected chi connectivity index (χ3v) is 4.18. The van der Waals surface area contributed by atoms with Crippen LogP contribution in [0.2, 0.25) is 0 Å². The van der Waals surface area contributed by atoms with Crippen LogP contribution in [0.15, 0.2) is 18.2 Å². The first-order valence-corrected chi connectivity index (χ1v) is 7.82. The lowest BCUT2D eigenvalue weighted by Gasteiger charge is -2.19. The van der Waals surface area contributed by atoms with E-state index in [0.717, 1.165) is 0 Å². The Morgan fingerprint density at radius 3 is 2.67 bits per heavy atom. The summed E-state index contributed by atoms with van der Waals surface area (Å²) in [6.07, 6.45) is 0.0349. The third-order valence-electron chi connectivity index (χ3n) is 3.24. The van der Waals surface area contributed by atoms with Gasteiger partial charge in [0.2, 0.25) is 15.9 Å². The lowest BCUT2D eigenvalue weighted by atomic mass is 10.1. The highest BCUT2D eigenvalue weighted by Gasteiger charge is 2.33. The van der Waals surface area contributed by atoms with E-state index in [-0.39, 0.29) is 41.6 Å². The second-order valence-electron chi connectivity index (χ2n) is 4.98. The van der Waals surface area contributed by atoms with Crippen LogP contribution in [0.25, 0.3) is 0 Å². The van der Waals surface area contributed by atoms with Crippen LogP contribution in [-0.2, 0) is 14.8 Å². The Kier molecular flexibility index (Phi) is 3.88. The number of carboxylic acids is 1. The van der Waals surface area contributed by atoms with Gasteiger partial charge in [0.15, 0.2) is 0 Å². The molecule has 0 spiro atoms. The van der Waals surface area contributed by atoms with Crippen molar-refractivity contribution in [3.05, 3.63) is 23.8 Å². The summed E-state index contributed by atoms with van der Waals surface area (Å²) in [6.45, 7) is 0.141. The SMILES string of the molecule is Nc1ccc(C(=O)O)cc1N1CC(CS(N)(=O)=O)CC1=O. The van der Waals surface area contributed by atoms with Gasteiger partial charge < -0.3 is 15.7 Å². The standard InChI is InChI=1S/C12H15N3O5S/c13-9-2-1-8(12(17)18)4-10(9)15-5-7(3-11(15)16)6-21(14,19)20/h1-2,4,7H,3,5-6,13H2,(H,17,18)(H2,14,19,20). The van der Waals surface area contributed by atoms with E-state index in [1.54, 1.807) is 0 Å². The van der Waals surface area contributed by atoms with Gasteiger partial charge in [-0.05, 0) is 18.2 Å². The Hall–Kier alpha value is -2.13. The van der Waals surface area contributed by atoms with Gasteiger partial charge >= 0.3 is 5.97 Å². The molecule has 1 atom stereocenters. The van der Waals surface area contributed by atoms with Crippen molar-refractivity contribution in [3.8, 4) is 0 Å². The van der Waals surface area contributed by atoms with Gasteiger partial charge in [0.1, 0.15) is 0 Å². The zero-order chi connectivity index (χ0) is 15.8. The van der Waals surface area contributed by atoms with Gasteiger partial charge in [0.05, 0.1) is 22.7 Å². The second-order valence-corrected chi connectivity index (χ2v) is 6.64. The molecule has 9 heteroatoms. The molecule has 1 aliphatic heterocycles. The molecule has 1 fully saturated rings. The van der Waals surface area contributed by atoms with Crippen molar-refractivity contribution in [2.45, 2.75) is 6.42 Å². The maximum atomic E-state index is 12.0. The molecule has 1 aromatic carbocycles. The number of carbonyl (C=O) groups is 2. The number of carboxylic acid groups (broad SMARTS) is 1. The van der Waals surface area contributed by atoms with Gasteiger partial charge in [-0.3, -0.25) is 4.79 Å². The number of sulfonamides is 1. The minimum Gasteiger partial charge on any atom is -0.478 e. The number of nitrogens with two attached hydrogens (primary N) is 2. The number of primary sulfonamides is 1. The van der Waals surface area contributed by atoms with Crippen molar-refractivity contribution in [1.82, 2.24) is 0 Å². The molecule has 2 rings (SSSR count). The minimum atomic E-state index is -3.67. The molecule has 1 aliphatic rings. The summed E-state index contributed by atoms with van der Waals surface area (Å²) in [7, 11) is -3.67. The molecular formula is C12H15N3O5S. The van der Waals surface area contributed by atoms with Gasteiger partial charge in [-0.2, -0.15) is 0 Å². The normalized spacial score (nSPS) is 19.0. The van der Waals surface area contributed by atoms with E-state index in [1.165, 1.54) is 23.1 Å². The minimum absolute atomic E-state index is 0.00176. The number of aromatic carboxylic acids is 1. The van der Waals surface area contributed by atoms with E-state index in [4.69, 9.17) is 16.0 Å². The van der Waals surface area contributed by atoms with Crippen LogP contribution in [0, 0.1) is 5.92 Å². The zero-order valence-corrected chi connectivity index (χ0v) is 11.8. The smallest absolute Gasteiger partial charge is 0.335 e. The maximum Gasteiger partial charge on any atom is 0.335 e. The maximum absolute atomic E-state index is 12.0. The monoisotopic (exact) mass is 313 g/mol. The second kappa shape index (κ2) is 5.34. The number of hydrogen-bond acceptors (Lipinski definition) is 5. The molecule has 1 aromatic rings. The van der Waals surface area contributed by atoms with Gasteiger partial charge in [0.25, 0.3) is 0 Å². The highest BCUT2D eigenvalue weighted by Crippen LogP contribution is 2.31. The molecular weight excluding hydrogens is 298 g/mol. The van der Waals surface area contributed by atoms with Crippen LogP contribution in [0.5, 0.6) is 0 Å². The fourth-order valence-corrected chi connectivity index (χ4v) is 3.25. The molecule has 114 valence electrons. The molecule has 0 bridgehead atoms. The van der Waals surface area contributed by atoms with Gasteiger partial charge in [0, 0.05) is 18.9 Å². The van der Waals surface area contributed by atoms with Crippen LogP contribution in [-0.4, -0.2) is 37.7 Å². The number of nitrogen functional groups attached to an aromatic ring is 1. The number of rotatable bonds is 4. The number of hydrogen-bond donors (Lipinski definition) is 3. The Labute approximate surface area is 121 Å². The molecule has 1 saturated heterocycles. The highest BCUT2D eigenvalue weighted by molar-refractivity contribution is 7.89. The number of amides is 1. The summed E-state index contributed by atoms with van der Waals surface area (Å²) in [6, 6.07) is 4.04. The summed E-state index contributed by atoms with van der Waals surface area (Å²) in [5.41, 5.74) is 6.31. The van der Waals surface area contributed by atoms with E-state index in [9.17, 15) is 18.0 Å². The zero-order valence-electron chi connectivity index (χ0n) is 11.0. The number of nitrogens with zero attached hydrogens (tertiary/aromatic N) is 1. The van der Waals surface area contributed by atoms with Crippen LogP contribution in [0.4, 0.5) is 11.4 Å². The predicted molar refractivity (Wildman–Crippen MR) is 76.2 cm³/mol. The van der Waals surface area contributed by atoms with E-state index >= 15 is 0 Å². The van der Waals surface area contributed by atoms with Crippen molar-refractivity contribution in [1.29, 1.82) is 0 Å². The molecule has 1 amide bonds. The number of benzene rings is 1.